The number of aliphatic hydroxyl groups is 1. The standard InChI is InChI=1S/C10H18N2O3/c1-7-10(14,4-5-15-7)6-11-9(13)12-8-2-3-8/h7-8,14H,2-6H2,1H3,(H2,11,12,13). The Hall–Kier alpha value is -0.810. The summed E-state index contributed by atoms with van der Waals surface area (Å²) in [5, 5.41) is 15.6. The highest BCUT2D eigenvalue weighted by Crippen LogP contribution is 2.24. The van der Waals surface area contributed by atoms with E-state index < -0.39 is 5.60 Å². The minimum absolute atomic E-state index is 0.190. The molecule has 0 radical (unpaired) electrons. The molecule has 5 nitrogen and oxygen atoms in total. The highest BCUT2D eigenvalue weighted by molar-refractivity contribution is 5.74. The second-order valence-corrected chi connectivity index (χ2v) is 4.47. The molecule has 0 aromatic heterocycles. The van der Waals surface area contributed by atoms with Crippen LogP contribution in [0.4, 0.5) is 4.79 Å². The zero-order valence-corrected chi connectivity index (χ0v) is 8.95. The molecular weight excluding hydrogens is 196 g/mol. The van der Waals surface area contributed by atoms with Crippen LogP contribution < -0.4 is 10.6 Å². The van der Waals surface area contributed by atoms with Crippen molar-refractivity contribution in [3.8, 4) is 0 Å². The van der Waals surface area contributed by atoms with Gasteiger partial charge in [-0.05, 0) is 19.8 Å². The van der Waals surface area contributed by atoms with Gasteiger partial charge < -0.3 is 20.5 Å². The summed E-state index contributed by atoms with van der Waals surface area (Å²) >= 11 is 0. The zero-order chi connectivity index (χ0) is 10.9. The van der Waals surface area contributed by atoms with Gasteiger partial charge in [-0.3, -0.25) is 0 Å². The minimum atomic E-state index is -0.902. The first-order valence-electron chi connectivity index (χ1n) is 5.48. The normalized spacial score (nSPS) is 35.2. The van der Waals surface area contributed by atoms with Crippen molar-refractivity contribution in [3.63, 3.8) is 0 Å². The Labute approximate surface area is 89.2 Å². The molecule has 2 amide bonds. The first-order valence-corrected chi connectivity index (χ1v) is 5.48. The molecule has 3 N–H and O–H groups in total. The Morgan fingerprint density at radius 2 is 2.33 bits per heavy atom. The summed E-state index contributed by atoms with van der Waals surface area (Å²) < 4.78 is 5.27. The number of nitrogens with one attached hydrogen (secondary N) is 2. The van der Waals surface area contributed by atoms with E-state index in [2.05, 4.69) is 10.6 Å². The number of hydrogen-bond donors (Lipinski definition) is 3. The summed E-state index contributed by atoms with van der Waals surface area (Å²) in [6.45, 7) is 2.64. The fourth-order valence-corrected chi connectivity index (χ4v) is 1.70. The van der Waals surface area contributed by atoms with Gasteiger partial charge in [-0.15, -0.1) is 0 Å². The molecule has 2 atom stereocenters. The summed E-state index contributed by atoms with van der Waals surface area (Å²) in [5.74, 6) is 0. The fraction of sp³-hybridized carbons (Fsp3) is 0.900. The zero-order valence-electron chi connectivity index (χ0n) is 8.95. The molecule has 0 aromatic rings. The van der Waals surface area contributed by atoms with Gasteiger partial charge in [0.2, 0.25) is 0 Å². The molecule has 1 heterocycles. The Balaban J connectivity index is 1.73. The van der Waals surface area contributed by atoms with Crippen LogP contribution in [-0.2, 0) is 4.74 Å². The molecule has 1 saturated heterocycles. The van der Waals surface area contributed by atoms with Crippen molar-refractivity contribution in [1.29, 1.82) is 0 Å². The summed E-state index contributed by atoms with van der Waals surface area (Å²) in [7, 11) is 0. The van der Waals surface area contributed by atoms with Crippen molar-refractivity contribution < 1.29 is 14.6 Å². The molecule has 1 saturated carbocycles. The van der Waals surface area contributed by atoms with Crippen LogP contribution in [0.3, 0.4) is 0 Å². The van der Waals surface area contributed by atoms with Gasteiger partial charge in [0.05, 0.1) is 12.6 Å². The molecule has 0 aromatic carbocycles. The van der Waals surface area contributed by atoms with Crippen LogP contribution in [0.5, 0.6) is 0 Å². The lowest BCUT2D eigenvalue weighted by molar-refractivity contribution is -0.0243. The van der Waals surface area contributed by atoms with Crippen LogP contribution in [0, 0.1) is 0 Å². The van der Waals surface area contributed by atoms with Crippen LogP contribution in [0.1, 0.15) is 26.2 Å². The molecule has 0 spiro atoms. The fourth-order valence-electron chi connectivity index (χ4n) is 1.70. The van der Waals surface area contributed by atoms with E-state index in [1.54, 1.807) is 0 Å². The minimum Gasteiger partial charge on any atom is -0.385 e. The first-order chi connectivity index (χ1) is 7.10. The molecule has 2 unspecified atom stereocenters. The van der Waals surface area contributed by atoms with Crippen molar-refractivity contribution in [1.82, 2.24) is 10.6 Å². The lowest BCUT2D eigenvalue weighted by Crippen LogP contribution is -2.50. The predicted octanol–water partition coefficient (Wildman–Crippen LogP) is -0.0121. The molecule has 1 aliphatic carbocycles. The van der Waals surface area contributed by atoms with Gasteiger partial charge in [0.1, 0.15) is 5.60 Å². The predicted molar refractivity (Wildman–Crippen MR) is 54.5 cm³/mol. The third-order valence-corrected chi connectivity index (χ3v) is 3.13. The molecule has 2 aliphatic rings. The largest absolute Gasteiger partial charge is 0.385 e. The van der Waals surface area contributed by atoms with Crippen molar-refractivity contribution in [3.05, 3.63) is 0 Å². The van der Waals surface area contributed by atoms with Gasteiger partial charge in [0.25, 0.3) is 0 Å². The van der Waals surface area contributed by atoms with Crippen LogP contribution in [-0.4, -0.2) is 42.0 Å². The lowest BCUT2D eigenvalue weighted by atomic mass is 9.97. The molecule has 15 heavy (non-hydrogen) atoms. The average Bonchev–Trinajstić information content (AvgIpc) is 2.93. The highest BCUT2D eigenvalue weighted by atomic mass is 16.5. The van der Waals surface area contributed by atoms with Crippen molar-refractivity contribution in [2.75, 3.05) is 13.2 Å². The molecule has 2 fully saturated rings. The quantitative estimate of drug-likeness (QED) is 0.618. The van der Waals surface area contributed by atoms with E-state index in [-0.39, 0.29) is 18.7 Å². The van der Waals surface area contributed by atoms with Crippen molar-refractivity contribution in [2.24, 2.45) is 0 Å². The summed E-state index contributed by atoms with van der Waals surface area (Å²) in [5.41, 5.74) is -0.902. The maximum absolute atomic E-state index is 11.3. The van der Waals surface area contributed by atoms with E-state index in [9.17, 15) is 9.90 Å². The van der Waals surface area contributed by atoms with Gasteiger partial charge in [-0.2, -0.15) is 0 Å². The van der Waals surface area contributed by atoms with Gasteiger partial charge in [-0.1, -0.05) is 0 Å². The van der Waals surface area contributed by atoms with Crippen LogP contribution in [0.2, 0.25) is 0 Å². The number of amides is 2. The molecular formula is C10H18N2O3. The SMILES string of the molecule is CC1OCCC1(O)CNC(=O)NC1CC1. The number of urea groups is 1. The van der Waals surface area contributed by atoms with Crippen molar-refractivity contribution in [2.45, 2.75) is 43.9 Å². The number of hydrogen-bond acceptors (Lipinski definition) is 3. The van der Waals surface area contributed by atoms with E-state index in [0.717, 1.165) is 12.8 Å². The van der Waals surface area contributed by atoms with E-state index >= 15 is 0 Å². The lowest BCUT2D eigenvalue weighted by Gasteiger charge is -2.26. The van der Waals surface area contributed by atoms with Crippen molar-refractivity contribution >= 4 is 6.03 Å². The number of ether oxygens (including phenoxy) is 1. The number of rotatable bonds is 3. The monoisotopic (exact) mass is 214 g/mol. The van der Waals surface area contributed by atoms with E-state index in [4.69, 9.17) is 4.74 Å². The Kier molecular flexibility index (Phi) is 2.84. The molecule has 2 rings (SSSR count). The topological polar surface area (TPSA) is 70.6 Å². The Bertz CT molecular complexity index is 255. The summed E-state index contributed by atoms with van der Waals surface area (Å²) in [6.07, 6.45) is 2.51. The summed E-state index contributed by atoms with van der Waals surface area (Å²) in [6, 6.07) is 0.155. The Morgan fingerprint density at radius 1 is 1.60 bits per heavy atom. The maximum Gasteiger partial charge on any atom is 0.315 e. The third-order valence-electron chi connectivity index (χ3n) is 3.13. The maximum atomic E-state index is 11.3. The van der Waals surface area contributed by atoms with E-state index in [0.29, 0.717) is 19.1 Å². The van der Waals surface area contributed by atoms with Gasteiger partial charge in [0, 0.05) is 19.1 Å². The van der Waals surface area contributed by atoms with Crippen LogP contribution in [0.15, 0.2) is 0 Å². The van der Waals surface area contributed by atoms with E-state index in [1.807, 2.05) is 6.92 Å². The number of carbonyl (C=O) groups excluding carboxylic acids is 1. The third kappa shape index (κ3) is 2.60. The smallest absolute Gasteiger partial charge is 0.315 e. The number of carbonyl (C=O) groups is 1. The Morgan fingerprint density at radius 3 is 2.87 bits per heavy atom. The first kappa shape index (κ1) is 10.7. The molecule has 0 bridgehead atoms. The average molecular weight is 214 g/mol. The van der Waals surface area contributed by atoms with Gasteiger partial charge in [0.15, 0.2) is 0 Å². The molecule has 1 aliphatic heterocycles. The molecule has 86 valence electrons. The van der Waals surface area contributed by atoms with Crippen LogP contribution >= 0.6 is 0 Å². The summed E-state index contributed by atoms with van der Waals surface area (Å²) in [4.78, 5) is 11.3. The van der Waals surface area contributed by atoms with E-state index in [1.165, 1.54) is 0 Å². The van der Waals surface area contributed by atoms with Gasteiger partial charge >= 0.3 is 6.03 Å². The van der Waals surface area contributed by atoms with Crippen LogP contribution in [0.25, 0.3) is 0 Å². The second-order valence-electron chi connectivity index (χ2n) is 4.47. The molecule has 5 heteroatoms. The highest BCUT2D eigenvalue weighted by Gasteiger charge is 2.39. The van der Waals surface area contributed by atoms with Gasteiger partial charge in [-0.25, -0.2) is 4.79 Å². The second kappa shape index (κ2) is 3.98.